The van der Waals surface area contributed by atoms with Crippen LogP contribution in [0.4, 0.5) is 5.69 Å². The maximum Gasteiger partial charge on any atom is 0.261 e. The van der Waals surface area contributed by atoms with Crippen LogP contribution >= 0.6 is 11.3 Å². The van der Waals surface area contributed by atoms with Crippen molar-refractivity contribution in [1.29, 1.82) is 0 Å². The fourth-order valence-corrected chi connectivity index (χ4v) is 4.70. The fraction of sp³-hybridized carbons (Fsp3) is 0.421. The number of nitrogens with one attached hydrogen (secondary N) is 1. The molecule has 2 unspecified atom stereocenters. The van der Waals surface area contributed by atoms with Crippen molar-refractivity contribution in [3.05, 3.63) is 41.3 Å². The maximum atomic E-state index is 12.7. The second-order valence-electron chi connectivity index (χ2n) is 6.90. The number of anilines is 1. The summed E-state index contributed by atoms with van der Waals surface area (Å²) in [6.45, 7) is 4.55. The van der Waals surface area contributed by atoms with Gasteiger partial charge in [-0.3, -0.25) is 9.69 Å². The van der Waals surface area contributed by atoms with Gasteiger partial charge in [0.1, 0.15) is 5.75 Å². The van der Waals surface area contributed by atoms with Crippen LogP contribution < -0.4 is 15.8 Å². The molecule has 3 aliphatic heterocycles. The monoisotopic (exact) mass is 357 g/mol. The molecule has 6 heteroatoms. The zero-order valence-corrected chi connectivity index (χ0v) is 15.1. The van der Waals surface area contributed by atoms with Gasteiger partial charge in [-0.1, -0.05) is 11.3 Å². The number of ether oxygens (including phenoxy) is 1. The second-order valence-corrected chi connectivity index (χ2v) is 7.95. The Labute approximate surface area is 151 Å². The number of fused-ring (bicyclic) bond motifs is 3. The van der Waals surface area contributed by atoms with Crippen LogP contribution in [0.2, 0.25) is 0 Å². The minimum atomic E-state index is 0.00255. The summed E-state index contributed by atoms with van der Waals surface area (Å²) in [5.41, 5.74) is 6.38. The molecular formula is C19H23N3O2S. The molecule has 0 spiro atoms. The number of thiophene rings is 1. The first kappa shape index (κ1) is 16.4. The van der Waals surface area contributed by atoms with Gasteiger partial charge in [0.05, 0.1) is 4.88 Å². The summed E-state index contributed by atoms with van der Waals surface area (Å²) in [5, 5.41) is 3.96. The van der Waals surface area contributed by atoms with Crippen molar-refractivity contribution >= 4 is 22.9 Å². The maximum absolute atomic E-state index is 12.7. The van der Waals surface area contributed by atoms with Crippen molar-refractivity contribution in [2.45, 2.75) is 31.8 Å². The predicted molar refractivity (Wildman–Crippen MR) is 100 cm³/mol. The van der Waals surface area contributed by atoms with Crippen LogP contribution in [0.15, 0.2) is 36.4 Å². The number of piperidine rings is 3. The van der Waals surface area contributed by atoms with Crippen LogP contribution in [0, 0.1) is 5.92 Å². The third-order valence-electron chi connectivity index (χ3n) is 5.38. The lowest BCUT2D eigenvalue weighted by Gasteiger charge is -2.49. The Morgan fingerprint density at radius 1 is 1.20 bits per heavy atom. The summed E-state index contributed by atoms with van der Waals surface area (Å²) in [6, 6.07) is 11.6. The molecule has 3 aliphatic rings. The summed E-state index contributed by atoms with van der Waals surface area (Å²) in [7, 11) is 0. The Bertz CT molecular complexity index is 748. The quantitative estimate of drug-likeness (QED) is 0.824. The number of carbonyl (C=O) groups excluding carboxylic acids is 1. The topological polar surface area (TPSA) is 67.6 Å². The van der Waals surface area contributed by atoms with E-state index in [2.05, 4.69) is 17.1 Å². The Hall–Kier alpha value is -2.05. The molecule has 3 N–H and O–H groups in total. The second kappa shape index (κ2) is 6.69. The standard InChI is InChI=1S/C19H23N3O2S/c1-12-18(13-8-10-22(12)11-9-13)21-19(23)16-6-7-17(25-16)24-15-4-2-14(20)3-5-15/h2-7,12-13,18H,8-11,20H2,1H3,(H,21,23). The van der Waals surface area contributed by atoms with Crippen molar-refractivity contribution in [2.75, 3.05) is 18.8 Å². The van der Waals surface area contributed by atoms with Crippen LogP contribution in [-0.4, -0.2) is 36.0 Å². The fourth-order valence-electron chi connectivity index (χ4n) is 3.92. The summed E-state index contributed by atoms with van der Waals surface area (Å²) < 4.78 is 5.80. The molecule has 5 nitrogen and oxygen atoms in total. The van der Waals surface area contributed by atoms with E-state index >= 15 is 0 Å². The van der Waals surface area contributed by atoms with Gasteiger partial charge in [-0.05, 0) is 75.2 Å². The molecular weight excluding hydrogens is 334 g/mol. The van der Waals surface area contributed by atoms with Crippen LogP contribution in [0.25, 0.3) is 0 Å². The van der Waals surface area contributed by atoms with E-state index in [1.54, 1.807) is 12.1 Å². The number of rotatable bonds is 4. The highest BCUT2D eigenvalue weighted by Gasteiger charge is 2.40. The Morgan fingerprint density at radius 3 is 2.60 bits per heavy atom. The van der Waals surface area contributed by atoms with E-state index in [4.69, 9.17) is 10.5 Å². The van der Waals surface area contributed by atoms with Crippen molar-refractivity contribution < 1.29 is 9.53 Å². The van der Waals surface area contributed by atoms with Gasteiger partial charge in [-0.25, -0.2) is 0 Å². The molecule has 3 saturated heterocycles. The minimum Gasteiger partial charge on any atom is -0.447 e. The number of carbonyl (C=O) groups is 1. The van der Waals surface area contributed by atoms with Gasteiger partial charge in [0.25, 0.3) is 5.91 Å². The minimum absolute atomic E-state index is 0.00255. The molecule has 1 aromatic heterocycles. The summed E-state index contributed by atoms with van der Waals surface area (Å²) in [6.07, 6.45) is 2.37. The van der Waals surface area contributed by atoms with Crippen LogP contribution in [0.3, 0.4) is 0 Å². The van der Waals surface area contributed by atoms with Gasteiger partial charge in [-0.2, -0.15) is 0 Å². The van der Waals surface area contributed by atoms with Crippen LogP contribution in [0.1, 0.15) is 29.4 Å². The van der Waals surface area contributed by atoms with E-state index < -0.39 is 0 Å². The Kier molecular flexibility index (Phi) is 4.39. The van der Waals surface area contributed by atoms with Crippen molar-refractivity contribution in [1.82, 2.24) is 10.2 Å². The van der Waals surface area contributed by atoms with E-state index in [-0.39, 0.29) is 11.9 Å². The van der Waals surface area contributed by atoms with E-state index in [1.165, 1.54) is 24.2 Å². The van der Waals surface area contributed by atoms with Gasteiger partial charge in [0, 0.05) is 17.8 Å². The number of nitrogen functional groups attached to an aromatic ring is 1. The van der Waals surface area contributed by atoms with Gasteiger partial charge in [0.15, 0.2) is 5.06 Å². The first-order valence-electron chi connectivity index (χ1n) is 8.78. The molecule has 25 heavy (non-hydrogen) atoms. The molecule has 0 radical (unpaired) electrons. The molecule has 2 aromatic rings. The van der Waals surface area contributed by atoms with Crippen molar-refractivity contribution in [3.8, 4) is 10.8 Å². The van der Waals surface area contributed by atoms with Crippen molar-refractivity contribution in [2.24, 2.45) is 5.92 Å². The predicted octanol–water partition coefficient (Wildman–Crippen LogP) is 3.34. The third-order valence-corrected chi connectivity index (χ3v) is 6.34. The van der Waals surface area contributed by atoms with E-state index in [0.717, 1.165) is 13.1 Å². The lowest BCUT2D eigenvalue weighted by molar-refractivity contribution is 0.0218. The van der Waals surface area contributed by atoms with Gasteiger partial charge in [-0.15, -0.1) is 0 Å². The van der Waals surface area contributed by atoms with Gasteiger partial charge in [0.2, 0.25) is 0 Å². The van der Waals surface area contributed by atoms with E-state index in [9.17, 15) is 4.79 Å². The summed E-state index contributed by atoms with van der Waals surface area (Å²) in [5.74, 6) is 1.33. The third kappa shape index (κ3) is 3.37. The Morgan fingerprint density at radius 2 is 1.92 bits per heavy atom. The number of hydrogen-bond donors (Lipinski definition) is 2. The molecule has 3 fully saturated rings. The molecule has 4 heterocycles. The van der Waals surface area contributed by atoms with Crippen LogP contribution in [0.5, 0.6) is 10.8 Å². The van der Waals surface area contributed by atoms with Crippen molar-refractivity contribution in [3.63, 3.8) is 0 Å². The molecule has 1 aromatic carbocycles. The first-order valence-corrected chi connectivity index (χ1v) is 9.60. The Balaban J connectivity index is 1.41. The molecule has 2 bridgehead atoms. The molecule has 2 atom stereocenters. The highest BCUT2D eigenvalue weighted by Crippen LogP contribution is 2.33. The average Bonchev–Trinajstić information content (AvgIpc) is 3.09. The number of amides is 1. The molecule has 1 amide bonds. The number of nitrogens with two attached hydrogens (primary N) is 1. The summed E-state index contributed by atoms with van der Waals surface area (Å²) in [4.78, 5) is 15.8. The molecule has 132 valence electrons. The van der Waals surface area contributed by atoms with Gasteiger partial charge >= 0.3 is 0 Å². The SMILES string of the molecule is CC1C(NC(=O)c2ccc(Oc3ccc(N)cc3)s2)C2CCN1CC2. The number of benzene rings is 1. The van der Waals surface area contributed by atoms with Crippen LogP contribution in [-0.2, 0) is 0 Å². The molecule has 0 saturated carbocycles. The zero-order chi connectivity index (χ0) is 17.4. The average molecular weight is 357 g/mol. The lowest BCUT2D eigenvalue weighted by Crippen LogP contribution is -2.62. The highest BCUT2D eigenvalue weighted by molar-refractivity contribution is 7.15. The van der Waals surface area contributed by atoms with E-state index in [1.807, 2.05) is 24.3 Å². The smallest absolute Gasteiger partial charge is 0.261 e. The van der Waals surface area contributed by atoms with E-state index in [0.29, 0.717) is 33.3 Å². The molecule has 0 aliphatic carbocycles. The highest BCUT2D eigenvalue weighted by atomic mass is 32.1. The largest absolute Gasteiger partial charge is 0.447 e. The number of nitrogens with zero attached hydrogens (tertiary/aromatic N) is 1. The lowest BCUT2D eigenvalue weighted by atomic mass is 9.79. The first-order chi connectivity index (χ1) is 12.1. The normalized spacial score (nSPS) is 27.9. The summed E-state index contributed by atoms with van der Waals surface area (Å²) >= 11 is 1.37. The zero-order valence-electron chi connectivity index (χ0n) is 14.3. The number of hydrogen-bond acceptors (Lipinski definition) is 5. The van der Waals surface area contributed by atoms with Gasteiger partial charge < -0.3 is 15.8 Å². The molecule has 5 rings (SSSR count).